The summed E-state index contributed by atoms with van der Waals surface area (Å²) in [6.45, 7) is 4.66. The van der Waals surface area contributed by atoms with Gasteiger partial charge < -0.3 is 4.90 Å². The third-order valence-electron chi connectivity index (χ3n) is 9.26. The van der Waals surface area contributed by atoms with Crippen LogP contribution < -0.4 is 4.90 Å². The number of hydrogen-bond donors (Lipinski definition) is 0. The summed E-state index contributed by atoms with van der Waals surface area (Å²) in [5.74, 6) is 0. The Balaban J connectivity index is 1.17. The van der Waals surface area contributed by atoms with Gasteiger partial charge in [0.25, 0.3) is 0 Å². The first kappa shape index (κ1) is 26.4. The topological polar surface area (TPSA) is 3.24 Å². The lowest BCUT2D eigenvalue weighted by atomic mass is 9.78. The van der Waals surface area contributed by atoms with E-state index in [1.807, 2.05) is 11.8 Å². The van der Waals surface area contributed by atoms with E-state index in [4.69, 9.17) is 11.6 Å². The zero-order valence-corrected chi connectivity index (χ0v) is 25.7. The van der Waals surface area contributed by atoms with Crippen molar-refractivity contribution in [1.82, 2.24) is 0 Å². The molecule has 0 fully saturated rings. The van der Waals surface area contributed by atoms with E-state index in [0.29, 0.717) is 0 Å². The number of rotatable bonds is 4. The lowest BCUT2D eigenvalue weighted by molar-refractivity contribution is 0.564. The Labute approximate surface area is 262 Å². The van der Waals surface area contributed by atoms with E-state index >= 15 is 0 Å². The highest BCUT2D eigenvalue weighted by Gasteiger charge is 2.37. The van der Waals surface area contributed by atoms with Gasteiger partial charge in [0, 0.05) is 25.9 Å². The van der Waals surface area contributed by atoms with Crippen LogP contribution in [0.15, 0.2) is 143 Å². The maximum Gasteiger partial charge on any atom is 0.0601 e. The number of anilines is 3. The van der Waals surface area contributed by atoms with Gasteiger partial charge in [-0.15, -0.1) is 0 Å². The smallest absolute Gasteiger partial charge is 0.0601 e. The van der Waals surface area contributed by atoms with Crippen molar-refractivity contribution >= 4 is 40.4 Å². The SMILES string of the molecule is CCC1(C)c2ccccc2-c2cc(-c3cc(Cl)cc(-c4ccc(N5c6ccccc6Sc6ccccc65)cc4)c3)ccc21. The molecule has 0 N–H and O–H groups in total. The maximum absolute atomic E-state index is 6.77. The van der Waals surface area contributed by atoms with E-state index in [-0.39, 0.29) is 5.41 Å². The average molecular weight is 592 g/mol. The van der Waals surface area contributed by atoms with Gasteiger partial charge in [0.2, 0.25) is 0 Å². The maximum atomic E-state index is 6.77. The van der Waals surface area contributed by atoms with E-state index in [9.17, 15) is 0 Å². The van der Waals surface area contributed by atoms with Crippen molar-refractivity contribution in [2.75, 3.05) is 4.90 Å². The lowest BCUT2D eigenvalue weighted by Gasteiger charge is -2.32. The van der Waals surface area contributed by atoms with Crippen molar-refractivity contribution in [2.24, 2.45) is 0 Å². The van der Waals surface area contributed by atoms with Crippen LogP contribution >= 0.6 is 23.4 Å². The number of para-hydroxylation sites is 2. The summed E-state index contributed by atoms with van der Waals surface area (Å²) >= 11 is 8.60. The molecule has 2 aliphatic rings. The molecule has 0 radical (unpaired) electrons. The highest BCUT2D eigenvalue weighted by molar-refractivity contribution is 7.99. The van der Waals surface area contributed by atoms with Crippen LogP contribution in [0.25, 0.3) is 33.4 Å². The third-order valence-corrected chi connectivity index (χ3v) is 10.6. The largest absolute Gasteiger partial charge is 0.308 e. The predicted octanol–water partition coefficient (Wildman–Crippen LogP) is 12.3. The van der Waals surface area contributed by atoms with Gasteiger partial charge in [-0.3, -0.25) is 0 Å². The van der Waals surface area contributed by atoms with Crippen LogP contribution in [-0.4, -0.2) is 0 Å². The van der Waals surface area contributed by atoms with E-state index in [2.05, 4.69) is 152 Å². The fourth-order valence-corrected chi connectivity index (χ4v) is 8.15. The minimum Gasteiger partial charge on any atom is -0.308 e. The summed E-state index contributed by atoms with van der Waals surface area (Å²) in [4.78, 5) is 4.89. The Morgan fingerprint density at radius 1 is 0.581 bits per heavy atom. The molecule has 0 amide bonds. The van der Waals surface area contributed by atoms with E-state index in [0.717, 1.165) is 33.8 Å². The summed E-state index contributed by atoms with van der Waals surface area (Å²) in [6, 6.07) is 48.4. The monoisotopic (exact) mass is 591 g/mol. The molecule has 1 nitrogen and oxygen atoms in total. The zero-order chi connectivity index (χ0) is 29.1. The number of benzene rings is 6. The molecule has 0 saturated carbocycles. The second-order valence-electron chi connectivity index (χ2n) is 11.6. The van der Waals surface area contributed by atoms with Gasteiger partial charge in [-0.2, -0.15) is 0 Å². The van der Waals surface area contributed by atoms with E-state index in [1.54, 1.807) is 0 Å². The van der Waals surface area contributed by atoms with Gasteiger partial charge in [0.1, 0.15) is 0 Å². The Hall–Kier alpha value is -4.24. The average Bonchev–Trinajstić information content (AvgIpc) is 3.31. The third kappa shape index (κ3) is 4.24. The fourth-order valence-electron chi connectivity index (χ4n) is 6.86. The minimum atomic E-state index is 0.0414. The molecule has 8 rings (SSSR count). The predicted molar refractivity (Wildman–Crippen MR) is 183 cm³/mol. The molecule has 0 bridgehead atoms. The van der Waals surface area contributed by atoms with Crippen LogP contribution in [0.4, 0.5) is 17.1 Å². The number of hydrogen-bond acceptors (Lipinski definition) is 2. The first-order valence-corrected chi connectivity index (χ1v) is 16.0. The highest BCUT2D eigenvalue weighted by atomic mass is 35.5. The molecule has 1 heterocycles. The van der Waals surface area contributed by atoms with Crippen LogP contribution in [0.2, 0.25) is 5.02 Å². The van der Waals surface area contributed by atoms with Crippen molar-refractivity contribution in [2.45, 2.75) is 35.5 Å². The Morgan fingerprint density at radius 3 is 1.86 bits per heavy atom. The first-order chi connectivity index (χ1) is 21.0. The molecule has 6 aromatic carbocycles. The molecule has 208 valence electrons. The van der Waals surface area contributed by atoms with Gasteiger partial charge in [0.05, 0.1) is 11.4 Å². The molecule has 0 spiro atoms. The van der Waals surface area contributed by atoms with Crippen LogP contribution in [0.1, 0.15) is 31.4 Å². The molecule has 1 unspecified atom stereocenters. The molecule has 0 aromatic heterocycles. The molecular formula is C40H30ClNS. The van der Waals surface area contributed by atoms with Crippen LogP contribution in [0, 0.1) is 0 Å². The first-order valence-electron chi connectivity index (χ1n) is 14.9. The normalized spacial score (nSPS) is 16.3. The molecule has 6 aromatic rings. The van der Waals surface area contributed by atoms with Crippen molar-refractivity contribution in [3.8, 4) is 33.4 Å². The van der Waals surface area contributed by atoms with Crippen LogP contribution in [0.5, 0.6) is 0 Å². The summed E-state index contributed by atoms with van der Waals surface area (Å²) in [6.07, 6.45) is 1.07. The standard InChI is InChI=1S/C40H30ClNS/c1-3-40(2)34-11-5-4-10-32(34)33-25-27(18-21-35(33)40)29-22-28(23-30(41)24-29)26-16-19-31(20-17-26)42-36-12-6-8-14-38(36)43-39-15-9-7-13-37(39)42/h4-25H,3H2,1-2H3. The van der Waals surface area contributed by atoms with Gasteiger partial charge >= 0.3 is 0 Å². The van der Waals surface area contributed by atoms with E-state index < -0.39 is 0 Å². The Kier molecular flexibility index (Phi) is 6.25. The van der Waals surface area contributed by atoms with Gasteiger partial charge in [0.15, 0.2) is 0 Å². The van der Waals surface area contributed by atoms with Crippen LogP contribution in [-0.2, 0) is 5.41 Å². The molecule has 3 heteroatoms. The molecule has 1 aliphatic heterocycles. The van der Waals surface area contributed by atoms with Crippen molar-refractivity contribution in [1.29, 1.82) is 0 Å². The van der Waals surface area contributed by atoms with Crippen molar-refractivity contribution in [3.05, 3.63) is 150 Å². The number of nitrogens with zero attached hydrogens (tertiary/aromatic N) is 1. The zero-order valence-electron chi connectivity index (χ0n) is 24.1. The molecule has 0 saturated heterocycles. The molecular weight excluding hydrogens is 562 g/mol. The Morgan fingerprint density at radius 2 is 1.16 bits per heavy atom. The number of fused-ring (bicyclic) bond motifs is 5. The van der Waals surface area contributed by atoms with Gasteiger partial charge in [-0.1, -0.05) is 110 Å². The highest BCUT2D eigenvalue weighted by Crippen LogP contribution is 2.52. The van der Waals surface area contributed by atoms with Crippen molar-refractivity contribution in [3.63, 3.8) is 0 Å². The van der Waals surface area contributed by atoms with Gasteiger partial charge in [-0.05, 0) is 112 Å². The van der Waals surface area contributed by atoms with E-state index in [1.165, 1.54) is 49.0 Å². The summed E-state index contributed by atoms with van der Waals surface area (Å²) < 4.78 is 0. The quantitative estimate of drug-likeness (QED) is 0.200. The molecule has 43 heavy (non-hydrogen) atoms. The van der Waals surface area contributed by atoms with Crippen LogP contribution in [0.3, 0.4) is 0 Å². The summed E-state index contributed by atoms with van der Waals surface area (Å²) in [5, 5.41) is 0.742. The minimum absolute atomic E-state index is 0.0414. The van der Waals surface area contributed by atoms with Gasteiger partial charge in [-0.25, -0.2) is 0 Å². The second-order valence-corrected chi connectivity index (χ2v) is 13.2. The molecule has 1 aliphatic carbocycles. The number of halogens is 1. The Bertz CT molecular complexity index is 1980. The fraction of sp³-hybridized carbons (Fsp3) is 0.100. The van der Waals surface area contributed by atoms with Crippen molar-refractivity contribution < 1.29 is 0 Å². The molecule has 1 atom stereocenters. The lowest BCUT2D eigenvalue weighted by Crippen LogP contribution is -2.18. The summed E-state index contributed by atoms with van der Waals surface area (Å²) in [5.41, 5.74) is 13.7. The summed E-state index contributed by atoms with van der Waals surface area (Å²) in [7, 11) is 0. The second kappa shape index (κ2) is 10.2.